The van der Waals surface area contributed by atoms with Crippen molar-refractivity contribution in [3.63, 3.8) is 0 Å². The zero-order valence-electron chi connectivity index (χ0n) is 43.0. The second-order valence-electron chi connectivity index (χ2n) is 19.9. The Morgan fingerprint density at radius 3 is 1.16 bits per heavy atom. The van der Waals surface area contributed by atoms with Gasteiger partial charge in [-0.15, -0.1) is 0 Å². The van der Waals surface area contributed by atoms with Crippen LogP contribution < -0.4 is 0 Å². The fourth-order valence-electron chi connectivity index (χ4n) is 8.01. The van der Waals surface area contributed by atoms with E-state index < -0.39 is 18.4 Å². The van der Waals surface area contributed by atoms with Crippen molar-refractivity contribution in [1.82, 2.24) is 0 Å². The van der Waals surface area contributed by atoms with Crippen LogP contribution in [0.4, 0.5) is 0 Å². The van der Waals surface area contributed by atoms with E-state index >= 15 is 0 Å². The minimum absolute atomic E-state index is 0.175. The number of hydrogen-bond acceptors (Lipinski definition) is 7. The van der Waals surface area contributed by atoms with Gasteiger partial charge in [0.1, 0.15) is 13.2 Å². The molecule has 0 aliphatic heterocycles. The topological polar surface area (TPSA) is 108 Å². The van der Waals surface area contributed by atoms with Crippen molar-refractivity contribution in [2.24, 2.45) is 0 Å². The van der Waals surface area contributed by atoms with E-state index in [1.165, 1.54) is 199 Å². The summed E-state index contributed by atoms with van der Waals surface area (Å²) in [5.41, 5.74) is 0. The molecule has 0 saturated carbocycles. The molecule has 0 heterocycles. The number of rotatable bonds is 51. The molecule has 0 rings (SSSR count). The van der Waals surface area contributed by atoms with Crippen LogP contribution in [-0.2, 0) is 33.3 Å². The molecule has 0 radical (unpaired) electrons. The van der Waals surface area contributed by atoms with Crippen molar-refractivity contribution >= 4 is 17.9 Å². The van der Waals surface area contributed by atoms with Crippen LogP contribution in [0.1, 0.15) is 264 Å². The largest absolute Gasteiger partial charge is 0.477 e. The number of carbonyl (C=O) groups excluding carboxylic acids is 2. The maximum atomic E-state index is 12.8. The molecule has 0 aliphatic carbocycles. The Bertz CT molecular complexity index is 1060. The number of hydrogen-bond donors (Lipinski definition) is 1. The fourth-order valence-corrected chi connectivity index (χ4v) is 8.01. The molecule has 9 nitrogen and oxygen atoms in total. The molecule has 0 bridgehead atoms. The number of carbonyl (C=O) groups is 3. The van der Waals surface area contributed by atoms with Crippen molar-refractivity contribution in [3.8, 4) is 0 Å². The number of likely N-dealkylation sites (N-methyl/N-ethyl adjacent to an activating group) is 1. The third-order valence-corrected chi connectivity index (χ3v) is 12.3. The van der Waals surface area contributed by atoms with E-state index in [9.17, 15) is 19.5 Å². The first kappa shape index (κ1) is 62.0. The highest BCUT2D eigenvalue weighted by atomic mass is 16.7. The molecule has 0 saturated heterocycles. The number of ether oxygens (including phenoxy) is 4. The molecular weight excluding hydrogens is 803 g/mol. The smallest absolute Gasteiger partial charge is 0.361 e. The molecule has 0 aromatic rings. The second kappa shape index (κ2) is 47.5. The Hall–Kier alpha value is -1.97. The number of carboxylic acid groups (broad SMARTS) is 1. The third kappa shape index (κ3) is 48.0. The van der Waals surface area contributed by atoms with Gasteiger partial charge in [-0.25, -0.2) is 4.79 Å². The average molecular weight is 909 g/mol. The summed E-state index contributed by atoms with van der Waals surface area (Å²) in [7, 11) is 5.97. The van der Waals surface area contributed by atoms with E-state index in [1.807, 2.05) is 21.1 Å². The number of quaternary nitrogens is 1. The predicted molar refractivity (Wildman–Crippen MR) is 268 cm³/mol. The van der Waals surface area contributed by atoms with E-state index in [-0.39, 0.29) is 38.2 Å². The summed E-state index contributed by atoms with van der Waals surface area (Å²) in [5.74, 6) is -1.99. The number of aliphatic carboxylic acids is 1. The SMILES string of the molecule is CCCCCCCCCC/C=C\CCCCCCCCCCCCCCCCCC(=O)OC(COC(=O)CCCCCCCCCCCCCC)COC(OCC[N+](C)(C)C)C(=O)O. The lowest BCUT2D eigenvalue weighted by Gasteiger charge is -2.25. The Labute approximate surface area is 395 Å². The summed E-state index contributed by atoms with van der Waals surface area (Å²) in [6, 6.07) is 0. The lowest BCUT2D eigenvalue weighted by molar-refractivity contribution is -0.870. The monoisotopic (exact) mass is 909 g/mol. The van der Waals surface area contributed by atoms with E-state index in [4.69, 9.17) is 18.9 Å². The summed E-state index contributed by atoms with van der Waals surface area (Å²) >= 11 is 0. The Kier molecular flexibility index (Phi) is 46.1. The molecule has 0 aliphatic rings. The first-order valence-electron chi connectivity index (χ1n) is 27.4. The quantitative estimate of drug-likeness (QED) is 0.0211. The first-order chi connectivity index (χ1) is 31.1. The Balaban J connectivity index is 4.14. The van der Waals surface area contributed by atoms with Crippen LogP contribution >= 0.6 is 0 Å². The normalized spacial score (nSPS) is 12.8. The molecule has 2 unspecified atom stereocenters. The van der Waals surface area contributed by atoms with Gasteiger partial charge in [-0.1, -0.05) is 225 Å². The van der Waals surface area contributed by atoms with Gasteiger partial charge in [-0.2, -0.15) is 0 Å². The Morgan fingerprint density at radius 1 is 0.453 bits per heavy atom. The van der Waals surface area contributed by atoms with Crippen LogP contribution in [0.5, 0.6) is 0 Å². The molecule has 2 atom stereocenters. The van der Waals surface area contributed by atoms with Gasteiger partial charge in [0.15, 0.2) is 6.10 Å². The maximum Gasteiger partial charge on any atom is 0.361 e. The van der Waals surface area contributed by atoms with Crippen molar-refractivity contribution in [2.75, 3.05) is 47.5 Å². The van der Waals surface area contributed by atoms with E-state index in [0.29, 0.717) is 17.4 Å². The van der Waals surface area contributed by atoms with Gasteiger partial charge in [0.2, 0.25) is 0 Å². The number of carboxylic acids is 1. The van der Waals surface area contributed by atoms with Crippen LogP contribution in [0.2, 0.25) is 0 Å². The van der Waals surface area contributed by atoms with Crippen LogP contribution in [0.3, 0.4) is 0 Å². The molecular formula is C55H106NO8+. The van der Waals surface area contributed by atoms with Gasteiger partial charge in [0, 0.05) is 12.8 Å². The first-order valence-corrected chi connectivity index (χ1v) is 27.4. The summed E-state index contributed by atoms with van der Waals surface area (Å²) < 4.78 is 22.8. The Morgan fingerprint density at radius 2 is 0.797 bits per heavy atom. The van der Waals surface area contributed by atoms with Gasteiger partial charge in [0.05, 0.1) is 34.4 Å². The van der Waals surface area contributed by atoms with Gasteiger partial charge >= 0.3 is 17.9 Å². The highest BCUT2D eigenvalue weighted by molar-refractivity contribution is 5.71. The van der Waals surface area contributed by atoms with Crippen LogP contribution in [0, 0.1) is 0 Å². The van der Waals surface area contributed by atoms with Crippen molar-refractivity contribution in [3.05, 3.63) is 12.2 Å². The average Bonchev–Trinajstić information content (AvgIpc) is 3.26. The third-order valence-electron chi connectivity index (χ3n) is 12.3. The van der Waals surface area contributed by atoms with Gasteiger partial charge in [-0.3, -0.25) is 9.59 Å². The van der Waals surface area contributed by atoms with Crippen molar-refractivity contribution in [1.29, 1.82) is 0 Å². The zero-order valence-corrected chi connectivity index (χ0v) is 43.0. The summed E-state index contributed by atoms with van der Waals surface area (Å²) in [6.45, 7) is 4.91. The highest BCUT2D eigenvalue weighted by Gasteiger charge is 2.25. The van der Waals surface area contributed by atoms with E-state index in [2.05, 4.69) is 26.0 Å². The minimum Gasteiger partial charge on any atom is -0.477 e. The number of allylic oxidation sites excluding steroid dienone is 2. The van der Waals surface area contributed by atoms with Crippen LogP contribution in [-0.4, -0.2) is 87.4 Å². The lowest BCUT2D eigenvalue weighted by atomic mass is 10.0. The van der Waals surface area contributed by atoms with Gasteiger partial charge in [-0.05, 0) is 38.5 Å². The zero-order chi connectivity index (χ0) is 47.0. The van der Waals surface area contributed by atoms with Crippen LogP contribution in [0.15, 0.2) is 12.2 Å². The van der Waals surface area contributed by atoms with Gasteiger partial charge in [0.25, 0.3) is 6.29 Å². The summed E-state index contributed by atoms with van der Waals surface area (Å²) in [5, 5.41) is 9.67. The molecule has 0 aromatic carbocycles. The van der Waals surface area contributed by atoms with E-state index in [1.54, 1.807) is 0 Å². The minimum atomic E-state index is -1.50. The van der Waals surface area contributed by atoms with Crippen molar-refractivity contribution < 1.29 is 42.9 Å². The number of esters is 2. The molecule has 9 heteroatoms. The summed E-state index contributed by atoms with van der Waals surface area (Å²) in [4.78, 5) is 37.2. The van der Waals surface area contributed by atoms with Crippen LogP contribution in [0.25, 0.3) is 0 Å². The second-order valence-corrected chi connectivity index (χ2v) is 19.9. The van der Waals surface area contributed by atoms with E-state index in [0.717, 1.165) is 38.5 Å². The molecule has 0 spiro atoms. The number of nitrogens with zero attached hydrogens (tertiary/aromatic N) is 1. The lowest BCUT2D eigenvalue weighted by Crippen LogP contribution is -2.40. The standard InChI is InChI=1S/C55H105NO8/c1-6-8-10-12-14-16-18-20-21-22-23-24-25-26-27-28-29-30-31-32-33-34-36-38-40-42-44-46-53(58)64-51(50-63-55(54(59)60)61-48-47-56(3,4)5)49-62-52(57)45-43-41-39-37-35-19-17-15-13-11-9-7-2/h22-23,51,55H,6-21,24-50H2,1-5H3/p+1/b23-22-. The molecule has 1 N–H and O–H groups in total. The molecule has 378 valence electrons. The molecule has 0 fully saturated rings. The maximum absolute atomic E-state index is 12.8. The predicted octanol–water partition coefficient (Wildman–Crippen LogP) is 15.4. The molecule has 64 heavy (non-hydrogen) atoms. The number of unbranched alkanes of at least 4 members (excludes halogenated alkanes) is 34. The fraction of sp³-hybridized carbons (Fsp3) is 0.909. The van der Waals surface area contributed by atoms with Crippen molar-refractivity contribution in [2.45, 2.75) is 277 Å². The van der Waals surface area contributed by atoms with Gasteiger partial charge < -0.3 is 28.5 Å². The highest BCUT2D eigenvalue weighted by Crippen LogP contribution is 2.17. The molecule has 0 aromatic heterocycles. The molecule has 0 amide bonds. The summed E-state index contributed by atoms with van der Waals surface area (Å²) in [6.07, 6.45) is 50.0.